The number of benzene rings is 1. The minimum atomic E-state index is 0.456. The monoisotopic (exact) mass is 304 g/mol. The van der Waals surface area contributed by atoms with Crippen molar-refractivity contribution >= 4 is 11.6 Å². The Bertz CT molecular complexity index is 626. The molecule has 1 aromatic heterocycles. The van der Waals surface area contributed by atoms with E-state index in [4.69, 9.17) is 16.3 Å². The van der Waals surface area contributed by atoms with E-state index >= 15 is 0 Å². The molecule has 2 rings (SSSR count). The van der Waals surface area contributed by atoms with E-state index in [1.54, 1.807) is 0 Å². The first-order valence-corrected chi connectivity index (χ1v) is 7.68. The number of hydrogen-bond donors (Lipinski definition) is 0. The fraction of sp³-hybridized carbons (Fsp3) is 0.412. The molecule has 0 amide bonds. The summed E-state index contributed by atoms with van der Waals surface area (Å²) in [4.78, 5) is 8.29. The van der Waals surface area contributed by atoms with Crippen molar-refractivity contribution < 1.29 is 4.74 Å². The van der Waals surface area contributed by atoms with Gasteiger partial charge in [-0.2, -0.15) is 0 Å². The number of nitrogens with zero attached hydrogens (tertiary/aromatic N) is 2. The summed E-state index contributed by atoms with van der Waals surface area (Å²) < 4.78 is 6.03. The number of aromatic nitrogens is 2. The van der Waals surface area contributed by atoms with Crippen LogP contribution in [0.5, 0.6) is 11.6 Å². The Labute approximate surface area is 131 Å². The highest BCUT2D eigenvalue weighted by atomic mass is 35.5. The molecule has 0 spiro atoms. The highest BCUT2D eigenvalue weighted by molar-refractivity contribution is 6.30. The Hall–Kier alpha value is -1.61. The molecule has 0 unspecified atom stereocenters. The van der Waals surface area contributed by atoms with Crippen molar-refractivity contribution in [1.29, 1.82) is 0 Å². The Morgan fingerprint density at radius 1 is 1.24 bits per heavy atom. The molecule has 0 fully saturated rings. The molecule has 0 radical (unpaired) electrons. The highest BCUT2D eigenvalue weighted by Crippen LogP contribution is 2.31. The largest absolute Gasteiger partial charge is 0.438 e. The number of ether oxygens (including phenoxy) is 1. The van der Waals surface area contributed by atoms with Crippen molar-refractivity contribution in [2.45, 2.75) is 46.5 Å². The van der Waals surface area contributed by atoms with Gasteiger partial charge >= 0.3 is 0 Å². The lowest BCUT2D eigenvalue weighted by Gasteiger charge is -2.14. The summed E-state index contributed by atoms with van der Waals surface area (Å²) in [5, 5.41) is 0.472. The third kappa shape index (κ3) is 3.73. The molecule has 0 N–H and O–H groups in total. The molecule has 1 aromatic carbocycles. The van der Waals surface area contributed by atoms with Gasteiger partial charge in [-0.25, -0.2) is 9.97 Å². The van der Waals surface area contributed by atoms with Crippen LogP contribution >= 0.6 is 11.6 Å². The van der Waals surface area contributed by atoms with Crippen molar-refractivity contribution in [3.05, 3.63) is 46.4 Å². The molecule has 0 aliphatic carbocycles. The third-order valence-corrected chi connectivity index (χ3v) is 3.76. The second-order valence-corrected chi connectivity index (χ2v) is 5.84. The molecular formula is C17H21ClN2O. The van der Waals surface area contributed by atoms with E-state index < -0.39 is 0 Å². The van der Waals surface area contributed by atoms with Gasteiger partial charge in [0.25, 0.3) is 0 Å². The van der Waals surface area contributed by atoms with Crippen LogP contribution in [0.1, 0.15) is 49.8 Å². The molecule has 21 heavy (non-hydrogen) atoms. The van der Waals surface area contributed by atoms with Crippen LogP contribution in [0.25, 0.3) is 0 Å². The predicted molar refractivity (Wildman–Crippen MR) is 86.4 cm³/mol. The lowest BCUT2D eigenvalue weighted by molar-refractivity contribution is 0.449. The topological polar surface area (TPSA) is 35.0 Å². The van der Waals surface area contributed by atoms with Gasteiger partial charge in [-0.15, -0.1) is 0 Å². The van der Waals surface area contributed by atoms with Gasteiger partial charge in [-0.3, -0.25) is 0 Å². The number of rotatable bonds is 5. The lowest BCUT2D eigenvalue weighted by Crippen LogP contribution is -1.99. The smallest absolute Gasteiger partial charge is 0.227 e. The first kappa shape index (κ1) is 15.8. The van der Waals surface area contributed by atoms with E-state index in [1.807, 2.05) is 6.92 Å². The van der Waals surface area contributed by atoms with Gasteiger partial charge in [0.05, 0.1) is 5.56 Å². The van der Waals surface area contributed by atoms with Crippen LogP contribution in [0.4, 0.5) is 0 Å². The van der Waals surface area contributed by atoms with Crippen LogP contribution in [0.15, 0.2) is 24.5 Å². The molecule has 0 aliphatic rings. The standard InChI is InChI=1S/C17H21ClN2O/c1-5-6-14-16(18)19-10-20-17(14)21-15-9-13(11(2)3)8-7-12(15)4/h7-11H,5-6H2,1-4H3. The van der Waals surface area contributed by atoms with Crippen LogP contribution in [0.3, 0.4) is 0 Å². The molecule has 4 heteroatoms. The zero-order valence-electron chi connectivity index (χ0n) is 13.0. The molecule has 0 atom stereocenters. The van der Waals surface area contributed by atoms with Gasteiger partial charge < -0.3 is 4.74 Å². The summed E-state index contributed by atoms with van der Waals surface area (Å²) in [5.41, 5.74) is 3.19. The molecule has 112 valence electrons. The number of halogens is 1. The second kappa shape index (κ2) is 6.90. The fourth-order valence-electron chi connectivity index (χ4n) is 2.11. The maximum Gasteiger partial charge on any atom is 0.227 e. The van der Waals surface area contributed by atoms with Crippen molar-refractivity contribution in [2.75, 3.05) is 0 Å². The van der Waals surface area contributed by atoms with E-state index in [9.17, 15) is 0 Å². The van der Waals surface area contributed by atoms with E-state index in [0.717, 1.165) is 29.7 Å². The van der Waals surface area contributed by atoms with Crippen molar-refractivity contribution in [2.24, 2.45) is 0 Å². The predicted octanol–water partition coefficient (Wildman–Crippen LogP) is 5.31. The minimum absolute atomic E-state index is 0.456. The summed E-state index contributed by atoms with van der Waals surface area (Å²) in [6, 6.07) is 6.28. The molecule has 0 saturated heterocycles. The molecule has 0 aliphatic heterocycles. The Balaban J connectivity index is 2.38. The molecular weight excluding hydrogens is 284 g/mol. The van der Waals surface area contributed by atoms with Crippen molar-refractivity contribution in [3.63, 3.8) is 0 Å². The van der Waals surface area contributed by atoms with Gasteiger partial charge in [-0.05, 0) is 36.5 Å². The SMILES string of the molecule is CCCc1c(Cl)ncnc1Oc1cc(C(C)C)ccc1C. The number of hydrogen-bond acceptors (Lipinski definition) is 3. The van der Waals surface area contributed by atoms with E-state index in [1.165, 1.54) is 11.9 Å². The minimum Gasteiger partial charge on any atom is -0.438 e. The lowest BCUT2D eigenvalue weighted by atomic mass is 10.0. The van der Waals surface area contributed by atoms with Crippen LogP contribution in [0, 0.1) is 6.92 Å². The van der Waals surface area contributed by atoms with Crippen LogP contribution in [-0.2, 0) is 6.42 Å². The zero-order chi connectivity index (χ0) is 15.4. The molecule has 1 heterocycles. The van der Waals surface area contributed by atoms with Crippen molar-refractivity contribution in [3.8, 4) is 11.6 Å². The molecule has 0 saturated carbocycles. The second-order valence-electron chi connectivity index (χ2n) is 5.48. The maximum atomic E-state index is 6.16. The fourth-order valence-corrected chi connectivity index (χ4v) is 2.33. The molecule has 0 bridgehead atoms. The number of aryl methyl sites for hydroxylation is 1. The Kier molecular flexibility index (Phi) is 5.18. The normalized spacial score (nSPS) is 11.0. The maximum absolute atomic E-state index is 6.16. The quantitative estimate of drug-likeness (QED) is 0.702. The van der Waals surface area contributed by atoms with Gasteiger partial charge in [0, 0.05) is 0 Å². The summed E-state index contributed by atoms with van der Waals surface area (Å²) in [6.45, 7) is 8.45. The summed E-state index contributed by atoms with van der Waals surface area (Å²) >= 11 is 6.16. The molecule has 3 nitrogen and oxygen atoms in total. The summed E-state index contributed by atoms with van der Waals surface area (Å²) in [7, 11) is 0. The van der Waals surface area contributed by atoms with Crippen LogP contribution < -0.4 is 4.74 Å². The van der Waals surface area contributed by atoms with Crippen LogP contribution in [-0.4, -0.2) is 9.97 Å². The van der Waals surface area contributed by atoms with Gasteiger partial charge in [0.2, 0.25) is 5.88 Å². The first-order chi connectivity index (χ1) is 10.0. The highest BCUT2D eigenvalue weighted by Gasteiger charge is 2.13. The summed E-state index contributed by atoms with van der Waals surface area (Å²) in [6.07, 6.45) is 3.21. The third-order valence-electron chi connectivity index (χ3n) is 3.44. The molecule has 2 aromatic rings. The first-order valence-electron chi connectivity index (χ1n) is 7.30. The van der Waals surface area contributed by atoms with Crippen molar-refractivity contribution in [1.82, 2.24) is 9.97 Å². The Morgan fingerprint density at radius 2 is 2.00 bits per heavy atom. The average Bonchev–Trinajstić information content (AvgIpc) is 2.44. The van der Waals surface area contributed by atoms with Gasteiger partial charge in [-0.1, -0.05) is 50.9 Å². The zero-order valence-corrected chi connectivity index (χ0v) is 13.7. The van der Waals surface area contributed by atoms with E-state index in [-0.39, 0.29) is 0 Å². The Morgan fingerprint density at radius 3 is 2.67 bits per heavy atom. The van der Waals surface area contributed by atoms with Gasteiger partial charge in [0.15, 0.2) is 0 Å². The van der Waals surface area contributed by atoms with Crippen LogP contribution in [0.2, 0.25) is 5.15 Å². The average molecular weight is 305 g/mol. The van der Waals surface area contributed by atoms with Gasteiger partial charge in [0.1, 0.15) is 17.2 Å². The van der Waals surface area contributed by atoms with E-state index in [2.05, 4.69) is 48.9 Å². The van der Waals surface area contributed by atoms with E-state index in [0.29, 0.717) is 17.0 Å². The summed E-state index contributed by atoms with van der Waals surface area (Å²) in [5.74, 6) is 1.84.